The molecule has 2 amide bonds. The Bertz CT molecular complexity index is 1060. The minimum absolute atomic E-state index is 0.0271. The number of alkyl halides is 3. The normalized spacial score (nSPS) is 17.6. The van der Waals surface area contributed by atoms with Gasteiger partial charge in [-0.1, -0.05) is 62.0 Å². The summed E-state index contributed by atoms with van der Waals surface area (Å²) in [6.07, 6.45) is 0.366. The van der Waals surface area contributed by atoms with Gasteiger partial charge in [0, 0.05) is 23.7 Å². The number of amidine groups is 1. The van der Waals surface area contributed by atoms with Gasteiger partial charge in [-0.2, -0.15) is 13.2 Å². The van der Waals surface area contributed by atoms with Crippen LogP contribution in [0.4, 0.5) is 24.5 Å². The molecule has 1 N–H and O–H groups in total. The number of carbonyl (C=O) groups is 2. The molecular formula is C25H27ClF3N3O2S. The number of amides is 2. The van der Waals surface area contributed by atoms with E-state index in [2.05, 4.69) is 17.2 Å². The number of nitrogens with one attached hydrogen (secondary N) is 1. The van der Waals surface area contributed by atoms with Crippen molar-refractivity contribution in [2.45, 2.75) is 56.9 Å². The number of unbranched alkanes of at least 4 members (excludes halogenated alkanes) is 4. The first-order valence-corrected chi connectivity index (χ1v) is 12.7. The Morgan fingerprint density at radius 2 is 1.86 bits per heavy atom. The molecule has 1 atom stereocenters. The van der Waals surface area contributed by atoms with Crippen LogP contribution in [0.2, 0.25) is 5.02 Å². The number of halogens is 4. The Morgan fingerprint density at radius 3 is 2.54 bits per heavy atom. The average molecular weight is 526 g/mol. The second-order valence-corrected chi connectivity index (χ2v) is 9.82. The summed E-state index contributed by atoms with van der Waals surface area (Å²) >= 11 is 6.97. The van der Waals surface area contributed by atoms with Gasteiger partial charge in [-0.15, -0.1) is 0 Å². The summed E-state index contributed by atoms with van der Waals surface area (Å²) in [5.74, 6) is -0.661. The maximum atomic E-state index is 13.2. The fourth-order valence-electron chi connectivity index (χ4n) is 3.55. The van der Waals surface area contributed by atoms with E-state index in [0.717, 1.165) is 56.0 Å². The molecule has 5 nitrogen and oxygen atoms in total. The highest BCUT2D eigenvalue weighted by Gasteiger charge is 2.36. The minimum Gasteiger partial charge on any atom is -0.325 e. The van der Waals surface area contributed by atoms with E-state index in [9.17, 15) is 22.8 Å². The molecule has 1 saturated heterocycles. The van der Waals surface area contributed by atoms with E-state index in [1.165, 1.54) is 17.0 Å². The molecule has 1 fully saturated rings. The van der Waals surface area contributed by atoms with Crippen LogP contribution in [0.3, 0.4) is 0 Å². The molecule has 10 heteroatoms. The molecule has 2 aromatic rings. The van der Waals surface area contributed by atoms with E-state index < -0.39 is 17.0 Å². The average Bonchev–Trinajstić information content (AvgIpc) is 2.81. The largest absolute Gasteiger partial charge is 0.416 e. The van der Waals surface area contributed by atoms with Crippen LogP contribution in [-0.2, 0) is 15.8 Å². The SMILES string of the molecule is CCCCCCCN1C(=O)CC(C(=O)Nc2ccc(Cl)cc2)SC1=Nc1cccc(C(F)(F)F)c1. The molecule has 1 unspecified atom stereocenters. The van der Waals surface area contributed by atoms with Crippen LogP contribution in [0, 0.1) is 0 Å². The third-order valence-electron chi connectivity index (χ3n) is 5.43. The van der Waals surface area contributed by atoms with Crippen LogP contribution >= 0.6 is 23.4 Å². The molecule has 0 bridgehead atoms. The van der Waals surface area contributed by atoms with Crippen LogP contribution in [0.1, 0.15) is 51.0 Å². The molecular weight excluding hydrogens is 499 g/mol. The number of hydrogen-bond donors (Lipinski definition) is 1. The quantitative estimate of drug-likeness (QED) is 0.350. The number of aliphatic imine (C=N–C) groups is 1. The van der Waals surface area contributed by atoms with Crippen LogP contribution in [-0.4, -0.2) is 33.7 Å². The topological polar surface area (TPSA) is 61.8 Å². The Balaban J connectivity index is 1.82. The van der Waals surface area contributed by atoms with Gasteiger partial charge in [-0.25, -0.2) is 4.99 Å². The first-order chi connectivity index (χ1) is 16.7. The zero-order valence-corrected chi connectivity index (χ0v) is 20.8. The smallest absolute Gasteiger partial charge is 0.325 e. The summed E-state index contributed by atoms with van der Waals surface area (Å²) in [5.41, 5.74) is -0.221. The minimum atomic E-state index is -4.51. The first kappa shape index (κ1) is 27.1. The van der Waals surface area contributed by atoms with Crippen molar-refractivity contribution in [2.75, 3.05) is 11.9 Å². The highest BCUT2D eigenvalue weighted by atomic mass is 35.5. The van der Waals surface area contributed by atoms with Crippen LogP contribution in [0.25, 0.3) is 0 Å². The van der Waals surface area contributed by atoms with E-state index in [4.69, 9.17) is 11.6 Å². The van der Waals surface area contributed by atoms with Gasteiger partial charge in [0.05, 0.1) is 11.3 Å². The van der Waals surface area contributed by atoms with Crippen LogP contribution < -0.4 is 5.32 Å². The Hall–Kier alpha value is -2.52. The van der Waals surface area contributed by atoms with Gasteiger partial charge in [0.25, 0.3) is 0 Å². The second kappa shape index (κ2) is 12.4. The molecule has 0 radical (unpaired) electrons. The zero-order valence-electron chi connectivity index (χ0n) is 19.3. The van der Waals surface area contributed by atoms with E-state index >= 15 is 0 Å². The molecule has 1 aliphatic rings. The molecule has 188 valence electrons. The molecule has 3 rings (SSSR count). The number of anilines is 1. The van der Waals surface area contributed by atoms with Crippen molar-refractivity contribution in [1.29, 1.82) is 0 Å². The first-order valence-electron chi connectivity index (χ1n) is 11.5. The molecule has 35 heavy (non-hydrogen) atoms. The Kier molecular flexibility index (Phi) is 9.63. The molecule has 0 aliphatic carbocycles. The summed E-state index contributed by atoms with van der Waals surface area (Å²) in [7, 11) is 0. The number of thioether (sulfide) groups is 1. The number of rotatable bonds is 9. The lowest BCUT2D eigenvalue weighted by molar-refractivity contribution is -0.137. The van der Waals surface area contributed by atoms with E-state index in [1.807, 2.05) is 0 Å². The van der Waals surface area contributed by atoms with Crippen molar-refractivity contribution in [1.82, 2.24) is 4.90 Å². The fourth-order valence-corrected chi connectivity index (χ4v) is 4.80. The third-order valence-corrected chi connectivity index (χ3v) is 6.87. The van der Waals surface area contributed by atoms with E-state index in [-0.39, 0.29) is 29.1 Å². The predicted octanol–water partition coefficient (Wildman–Crippen LogP) is 7.29. The lowest BCUT2D eigenvalue weighted by Gasteiger charge is -2.32. The van der Waals surface area contributed by atoms with E-state index in [1.54, 1.807) is 24.3 Å². The maximum Gasteiger partial charge on any atom is 0.416 e. The van der Waals surface area contributed by atoms with Gasteiger partial charge in [-0.05, 0) is 48.9 Å². The van der Waals surface area contributed by atoms with Crippen molar-refractivity contribution in [2.24, 2.45) is 4.99 Å². The molecule has 1 aliphatic heterocycles. The Labute approximate surface area is 212 Å². The summed E-state index contributed by atoms with van der Waals surface area (Å²) in [6.45, 7) is 2.51. The van der Waals surface area contributed by atoms with E-state index in [0.29, 0.717) is 17.3 Å². The third kappa shape index (κ3) is 8.00. The predicted molar refractivity (Wildman–Crippen MR) is 135 cm³/mol. The van der Waals surface area contributed by atoms with Crippen molar-refractivity contribution in [3.8, 4) is 0 Å². The second-order valence-electron chi connectivity index (χ2n) is 8.21. The lowest BCUT2D eigenvalue weighted by atomic mass is 10.1. The van der Waals surface area contributed by atoms with Gasteiger partial charge in [0.1, 0.15) is 5.25 Å². The standard InChI is InChI=1S/C25H27ClF3N3O2S/c1-2-3-4-5-6-14-32-22(33)16-21(23(34)30-19-12-10-18(26)11-13-19)35-24(32)31-20-9-7-8-17(15-20)25(27,28)29/h7-13,15,21H,2-6,14,16H2,1H3,(H,30,34). The van der Waals surface area contributed by atoms with Crippen molar-refractivity contribution in [3.05, 3.63) is 59.1 Å². The van der Waals surface area contributed by atoms with Crippen LogP contribution in [0.15, 0.2) is 53.5 Å². The number of hydrogen-bond acceptors (Lipinski definition) is 4. The number of nitrogens with zero attached hydrogens (tertiary/aromatic N) is 2. The highest BCUT2D eigenvalue weighted by molar-refractivity contribution is 8.15. The molecule has 0 aromatic heterocycles. The van der Waals surface area contributed by atoms with Gasteiger partial charge < -0.3 is 5.32 Å². The molecule has 0 saturated carbocycles. The Morgan fingerprint density at radius 1 is 1.14 bits per heavy atom. The lowest BCUT2D eigenvalue weighted by Crippen LogP contribution is -2.45. The molecule has 1 heterocycles. The molecule has 2 aromatic carbocycles. The van der Waals surface area contributed by atoms with Gasteiger partial charge in [-0.3, -0.25) is 14.5 Å². The summed E-state index contributed by atoms with van der Waals surface area (Å²) in [4.78, 5) is 31.8. The zero-order chi connectivity index (χ0) is 25.4. The summed E-state index contributed by atoms with van der Waals surface area (Å²) in [6, 6.07) is 11.2. The fraction of sp³-hybridized carbons (Fsp3) is 0.400. The van der Waals surface area contributed by atoms with Crippen molar-refractivity contribution >= 4 is 51.7 Å². The number of benzene rings is 2. The van der Waals surface area contributed by atoms with Gasteiger partial charge in [0.15, 0.2) is 5.17 Å². The van der Waals surface area contributed by atoms with Crippen LogP contribution in [0.5, 0.6) is 0 Å². The number of carbonyl (C=O) groups excluding carboxylic acids is 2. The summed E-state index contributed by atoms with van der Waals surface area (Å²) in [5, 5.41) is 2.75. The summed E-state index contributed by atoms with van der Waals surface area (Å²) < 4.78 is 39.5. The van der Waals surface area contributed by atoms with Crippen molar-refractivity contribution in [3.63, 3.8) is 0 Å². The van der Waals surface area contributed by atoms with Gasteiger partial charge >= 0.3 is 6.18 Å². The maximum absolute atomic E-state index is 13.2. The monoisotopic (exact) mass is 525 g/mol. The highest BCUT2D eigenvalue weighted by Crippen LogP contribution is 2.34. The van der Waals surface area contributed by atoms with Crippen molar-refractivity contribution < 1.29 is 22.8 Å². The molecule has 0 spiro atoms. The van der Waals surface area contributed by atoms with Gasteiger partial charge in [0.2, 0.25) is 11.8 Å².